The number of allylic oxidation sites excluding steroid dienone is 4. The van der Waals surface area contributed by atoms with Crippen LogP contribution in [0.4, 0.5) is 0 Å². The molecule has 3 nitrogen and oxygen atoms in total. The summed E-state index contributed by atoms with van der Waals surface area (Å²) in [6.07, 6.45) is 4.57. The molecule has 1 aliphatic rings. The topological polar surface area (TPSA) is 51.2 Å². The molecule has 0 bridgehead atoms. The molecule has 1 rings (SSSR count). The summed E-state index contributed by atoms with van der Waals surface area (Å²) in [7, 11) is 0. The number of hydrogen-bond donors (Lipinski definition) is 0. The first-order chi connectivity index (χ1) is 9.14. The summed E-state index contributed by atoms with van der Waals surface area (Å²) in [5.74, 6) is 0.511. The minimum atomic E-state index is 0.230. The molecule has 1 aliphatic carbocycles. The first-order valence-electron chi connectivity index (χ1n) is 5.82. The minimum Gasteiger partial charge on any atom is -0.281 e. The third kappa shape index (κ3) is 7.56. The van der Waals surface area contributed by atoms with Gasteiger partial charge in [0.05, 0.1) is 0 Å². The van der Waals surface area contributed by atoms with Gasteiger partial charge in [0.2, 0.25) is 0 Å². The van der Waals surface area contributed by atoms with Crippen molar-refractivity contribution < 1.29 is 30.4 Å². The van der Waals surface area contributed by atoms with Crippen LogP contribution in [0.25, 0.3) is 0 Å². The Morgan fingerprint density at radius 2 is 1.25 bits per heavy atom. The van der Waals surface area contributed by atoms with E-state index in [9.17, 15) is 0 Å². The average Bonchev–Trinajstić information content (AvgIpc) is 2.78. The second-order valence-electron chi connectivity index (χ2n) is 6.20. The largest absolute Gasteiger partial charge is 0.281 e. The van der Waals surface area contributed by atoms with Gasteiger partial charge in [0.1, 0.15) is 0 Å². The summed E-state index contributed by atoms with van der Waals surface area (Å²) in [5, 5.41) is 0. The smallest absolute Gasteiger partial charge is 0.281 e. The van der Waals surface area contributed by atoms with E-state index in [1.807, 2.05) is 0 Å². The van der Waals surface area contributed by atoms with Crippen LogP contribution < -0.4 is 0 Å². The molecule has 0 aromatic rings. The van der Waals surface area contributed by atoms with Crippen LogP contribution in [-0.2, 0) is 30.4 Å². The van der Waals surface area contributed by atoms with Gasteiger partial charge < -0.3 is 0 Å². The second kappa shape index (κ2) is 10.8. The summed E-state index contributed by atoms with van der Waals surface area (Å²) < 4.78 is 1.31. The van der Waals surface area contributed by atoms with Gasteiger partial charge in [-0.15, -0.1) is 0 Å². The molecule has 20 heavy (non-hydrogen) atoms. The maximum Gasteiger partial charge on any atom is 0.281 e. The predicted molar refractivity (Wildman–Crippen MR) is 75.6 cm³/mol. The molecule has 0 aliphatic heterocycles. The van der Waals surface area contributed by atoms with Crippen molar-refractivity contribution in [1.82, 2.24) is 0 Å². The normalized spacial score (nSPS) is 17.1. The molecule has 0 saturated carbocycles. The predicted octanol–water partition coefficient (Wildman–Crippen LogP) is 2.87. The molecule has 0 heterocycles. The maximum atomic E-state index is 7.50. The summed E-state index contributed by atoms with van der Waals surface area (Å²) in [4.78, 5) is 22.5. The van der Waals surface area contributed by atoms with Crippen LogP contribution >= 0.6 is 0 Å². The van der Waals surface area contributed by atoms with Gasteiger partial charge in [0, 0.05) is 0 Å². The molecule has 6 radical (unpaired) electrons. The third-order valence-corrected chi connectivity index (χ3v) is 3.35. The molecular weight excluding hydrogens is 296 g/mol. The molecule has 4 heteroatoms. The Morgan fingerprint density at radius 1 is 0.900 bits per heavy atom. The SMILES string of the molecule is CC(C)(C)C1=[C]([Fe])C(C(C)(C)C)C=C1.[C]=O.[C]=O.[C]=O. The summed E-state index contributed by atoms with van der Waals surface area (Å²) in [5.41, 5.74) is 1.94. The van der Waals surface area contributed by atoms with Crippen molar-refractivity contribution >= 4 is 20.4 Å². The van der Waals surface area contributed by atoms with Crippen molar-refractivity contribution in [3.05, 3.63) is 22.2 Å². The third-order valence-electron chi connectivity index (χ3n) is 2.71. The zero-order valence-corrected chi connectivity index (χ0v) is 13.9. The van der Waals surface area contributed by atoms with E-state index in [4.69, 9.17) is 14.4 Å². The fourth-order valence-electron chi connectivity index (χ4n) is 1.78. The Labute approximate surface area is 131 Å². The molecule has 0 aromatic heterocycles. The van der Waals surface area contributed by atoms with Gasteiger partial charge in [0.15, 0.2) is 0 Å². The quantitative estimate of drug-likeness (QED) is 0.646. The van der Waals surface area contributed by atoms with Gasteiger partial charge in [-0.25, -0.2) is 0 Å². The van der Waals surface area contributed by atoms with E-state index >= 15 is 0 Å². The average molecular weight is 317 g/mol. The van der Waals surface area contributed by atoms with Crippen LogP contribution in [-0.4, -0.2) is 20.4 Å². The van der Waals surface area contributed by atoms with Crippen molar-refractivity contribution in [3.63, 3.8) is 0 Å². The van der Waals surface area contributed by atoms with Gasteiger partial charge in [-0.2, -0.15) is 0 Å². The van der Waals surface area contributed by atoms with E-state index in [1.54, 1.807) is 0 Å². The fourth-order valence-corrected chi connectivity index (χ4v) is 2.87. The molecule has 1 unspecified atom stereocenters. The van der Waals surface area contributed by atoms with Crippen LogP contribution in [0.5, 0.6) is 0 Å². The number of rotatable bonds is 0. The van der Waals surface area contributed by atoms with Crippen molar-refractivity contribution in [1.29, 1.82) is 0 Å². The molecule has 111 valence electrons. The van der Waals surface area contributed by atoms with E-state index in [1.165, 1.54) is 10.0 Å². The van der Waals surface area contributed by atoms with E-state index in [0.29, 0.717) is 11.3 Å². The van der Waals surface area contributed by atoms with Crippen molar-refractivity contribution in [2.45, 2.75) is 41.5 Å². The Morgan fingerprint density at radius 3 is 1.40 bits per heavy atom. The van der Waals surface area contributed by atoms with Gasteiger partial charge in [0.25, 0.3) is 20.4 Å². The van der Waals surface area contributed by atoms with E-state index in [2.05, 4.69) is 90.1 Å². The molecule has 0 amide bonds. The maximum absolute atomic E-state index is 7.50. The van der Waals surface area contributed by atoms with E-state index < -0.39 is 0 Å². The Hall–Kier alpha value is -0.991. The van der Waals surface area contributed by atoms with Gasteiger partial charge in [-0.05, 0) is 0 Å². The monoisotopic (exact) mass is 317 g/mol. The summed E-state index contributed by atoms with van der Waals surface area (Å²) in [6.45, 7) is 27.1. The van der Waals surface area contributed by atoms with Gasteiger partial charge in [-0.1, -0.05) is 0 Å². The van der Waals surface area contributed by atoms with E-state index in [0.717, 1.165) is 0 Å². The van der Waals surface area contributed by atoms with Crippen molar-refractivity contribution in [2.24, 2.45) is 16.7 Å². The Balaban J connectivity index is -0.000000425. The van der Waals surface area contributed by atoms with Gasteiger partial charge >= 0.3 is 96.5 Å². The minimum absolute atomic E-state index is 0.230. The first kappa shape index (κ1) is 24.1. The molecule has 0 aromatic carbocycles. The van der Waals surface area contributed by atoms with Crippen LogP contribution in [0.2, 0.25) is 0 Å². The van der Waals surface area contributed by atoms with Crippen molar-refractivity contribution in [3.8, 4) is 0 Å². The van der Waals surface area contributed by atoms with Crippen molar-refractivity contribution in [2.75, 3.05) is 0 Å². The first-order valence-corrected chi connectivity index (χ1v) is 6.37. The van der Waals surface area contributed by atoms with E-state index in [-0.39, 0.29) is 5.41 Å². The zero-order valence-electron chi connectivity index (χ0n) is 12.8. The molecule has 0 saturated heterocycles. The summed E-state index contributed by atoms with van der Waals surface area (Å²) >= 11 is 4.25. The van der Waals surface area contributed by atoms with Crippen LogP contribution in [0.15, 0.2) is 22.2 Å². The fraction of sp³-hybridized carbons (Fsp3) is 0.562. The second-order valence-corrected chi connectivity index (χ2v) is 6.80. The number of hydrogen-bond acceptors (Lipinski definition) is 3. The van der Waals surface area contributed by atoms with Crippen LogP contribution in [0, 0.1) is 16.7 Å². The number of carbonyl (C=O) groups excluding carboxylic acids is 3. The molecule has 0 spiro atoms. The van der Waals surface area contributed by atoms with Crippen LogP contribution in [0.1, 0.15) is 41.5 Å². The summed E-state index contributed by atoms with van der Waals surface area (Å²) in [6, 6.07) is 0. The molecule has 0 N–H and O–H groups in total. The van der Waals surface area contributed by atoms with Crippen LogP contribution in [0.3, 0.4) is 0 Å². The van der Waals surface area contributed by atoms with Gasteiger partial charge in [-0.3, -0.25) is 14.4 Å². The Kier molecular flexibility index (Phi) is 12.9. The zero-order chi connectivity index (χ0) is 17.1. The Bertz CT molecular complexity index is 328. The molecule has 1 atom stereocenters. The molecular formula is C16H21FeO3. The standard InChI is InChI=1S/C13H21.3CO.Fe/c1-12(2,3)10-7-8-11(9-10)13(4,5)6;3*1-2;/h7-8,10H,1-6H3;;;;. The molecule has 0 fully saturated rings.